The SMILES string of the molecule is CC1(O)CCN(Cc2ccccc2)C1.CO. The minimum absolute atomic E-state index is 0.477. The van der Waals surface area contributed by atoms with Crippen LogP contribution < -0.4 is 0 Å². The molecule has 0 amide bonds. The highest BCUT2D eigenvalue weighted by Crippen LogP contribution is 2.21. The summed E-state index contributed by atoms with van der Waals surface area (Å²) in [5.41, 5.74) is 0.847. The Labute approximate surface area is 97.3 Å². The number of β-amino-alcohol motifs (C(OH)–C–C–N with tert-alkyl or cyclic N) is 1. The topological polar surface area (TPSA) is 43.7 Å². The van der Waals surface area contributed by atoms with Gasteiger partial charge >= 0.3 is 0 Å². The third kappa shape index (κ3) is 3.93. The van der Waals surface area contributed by atoms with E-state index >= 15 is 0 Å². The number of aliphatic hydroxyl groups is 2. The summed E-state index contributed by atoms with van der Waals surface area (Å²) in [6.45, 7) is 4.67. The molecule has 1 atom stereocenters. The van der Waals surface area contributed by atoms with Gasteiger partial charge in [0.1, 0.15) is 0 Å². The van der Waals surface area contributed by atoms with Crippen molar-refractivity contribution in [2.75, 3.05) is 20.2 Å². The summed E-state index contributed by atoms with van der Waals surface area (Å²) in [6.07, 6.45) is 0.889. The van der Waals surface area contributed by atoms with Gasteiger partial charge in [-0.15, -0.1) is 0 Å². The van der Waals surface area contributed by atoms with Crippen LogP contribution in [0, 0.1) is 0 Å². The smallest absolute Gasteiger partial charge is 0.0758 e. The highest BCUT2D eigenvalue weighted by Gasteiger charge is 2.30. The molecule has 0 aliphatic carbocycles. The molecule has 0 aromatic heterocycles. The second-order valence-corrected chi connectivity index (χ2v) is 4.44. The van der Waals surface area contributed by atoms with E-state index in [-0.39, 0.29) is 0 Å². The molecular weight excluding hydrogens is 202 g/mol. The Morgan fingerprint density at radius 1 is 1.25 bits per heavy atom. The maximum absolute atomic E-state index is 9.80. The van der Waals surface area contributed by atoms with E-state index in [0.717, 1.165) is 33.2 Å². The van der Waals surface area contributed by atoms with E-state index in [9.17, 15) is 5.11 Å². The Morgan fingerprint density at radius 3 is 2.38 bits per heavy atom. The number of nitrogens with zero attached hydrogens (tertiary/aromatic N) is 1. The molecule has 0 radical (unpaired) electrons. The number of hydrogen-bond acceptors (Lipinski definition) is 3. The molecule has 2 rings (SSSR count). The molecule has 2 N–H and O–H groups in total. The van der Waals surface area contributed by atoms with E-state index in [1.165, 1.54) is 5.56 Å². The molecule has 1 heterocycles. The van der Waals surface area contributed by atoms with Crippen molar-refractivity contribution in [1.29, 1.82) is 0 Å². The molecule has 3 nitrogen and oxygen atoms in total. The molecule has 16 heavy (non-hydrogen) atoms. The second-order valence-electron chi connectivity index (χ2n) is 4.44. The Kier molecular flexibility index (Phi) is 4.93. The maximum atomic E-state index is 9.80. The van der Waals surface area contributed by atoms with Crippen molar-refractivity contribution in [2.45, 2.75) is 25.5 Å². The van der Waals surface area contributed by atoms with E-state index in [1.807, 2.05) is 13.0 Å². The Hall–Kier alpha value is -0.900. The van der Waals surface area contributed by atoms with Crippen LogP contribution in [0.1, 0.15) is 18.9 Å². The molecule has 0 saturated carbocycles. The van der Waals surface area contributed by atoms with Gasteiger partial charge in [0.25, 0.3) is 0 Å². The van der Waals surface area contributed by atoms with Gasteiger partial charge < -0.3 is 10.2 Å². The van der Waals surface area contributed by atoms with Crippen molar-refractivity contribution in [3.63, 3.8) is 0 Å². The van der Waals surface area contributed by atoms with Crippen LogP contribution in [-0.2, 0) is 6.54 Å². The molecule has 1 unspecified atom stereocenters. The number of hydrogen-bond donors (Lipinski definition) is 2. The van der Waals surface area contributed by atoms with Gasteiger partial charge in [0.05, 0.1) is 5.60 Å². The summed E-state index contributed by atoms with van der Waals surface area (Å²) < 4.78 is 0. The minimum atomic E-state index is -0.477. The molecule has 0 bridgehead atoms. The molecule has 1 aromatic carbocycles. The van der Waals surface area contributed by atoms with Crippen LogP contribution in [0.15, 0.2) is 30.3 Å². The average Bonchev–Trinajstić information content (AvgIpc) is 2.62. The van der Waals surface area contributed by atoms with Crippen LogP contribution in [0.5, 0.6) is 0 Å². The molecule has 1 fully saturated rings. The van der Waals surface area contributed by atoms with E-state index in [1.54, 1.807) is 0 Å². The van der Waals surface area contributed by atoms with Crippen LogP contribution in [-0.4, -0.2) is 40.9 Å². The quantitative estimate of drug-likeness (QED) is 0.793. The van der Waals surface area contributed by atoms with Crippen LogP contribution in [0.2, 0.25) is 0 Å². The summed E-state index contributed by atoms with van der Waals surface area (Å²) in [7, 11) is 1.00. The minimum Gasteiger partial charge on any atom is -0.400 e. The van der Waals surface area contributed by atoms with Gasteiger partial charge in [-0.1, -0.05) is 30.3 Å². The van der Waals surface area contributed by atoms with Crippen molar-refractivity contribution < 1.29 is 10.2 Å². The van der Waals surface area contributed by atoms with Gasteiger partial charge in [0.2, 0.25) is 0 Å². The lowest BCUT2D eigenvalue weighted by Gasteiger charge is -2.18. The first-order chi connectivity index (χ1) is 7.66. The lowest BCUT2D eigenvalue weighted by atomic mass is 10.1. The Bertz CT molecular complexity index is 298. The van der Waals surface area contributed by atoms with Gasteiger partial charge in [0, 0.05) is 26.7 Å². The van der Waals surface area contributed by atoms with Crippen LogP contribution >= 0.6 is 0 Å². The van der Waals surface area contributed by atoms with Gasteiger partial charge in [-0.2, -0.15) is 0 Å². The predicted octanol–water partition coefficient (Wildman–Crippen LogP) is 1.25. The van der Waals surface area contributed by atoms with Crippen molar-refractivity contribution in [1.82, 2.24) is 4.90 Å². The molecule has 90 valence electrons. The highest BCUT2D eigenvalue weighted by molar-refractivity contribution is 5.14. The molecule has 0 spiro atoms. The summed E-state index contributed by atoms with van der Waals surface area (Å²) in [6, 6.07) is 10.4. The summed E-state index contributed by atoms with van der Waals surface area (Å²) in [5.74, 6) is 0. The lowest BCUT2D eigenvalue weighted by Crippen LogP contribution is -2.29. The zero-order valence-corrected chi connectivity index (χ0v) is 10.1. The fraction of sp³-hybridized carbons (Fsp3) is 0.538. The van der Waals surface area contributed by atoms with Gasteiger partial charge in [-0.05, 0) is 18.9 Å². The standard InChI is InChI=1S/C12H17NO.CH4O/c1-12(14)7-8-13(10-12)9-11-5-3-2-4-6-11;1-2/h2-6,14H,7-10H2,1H3;2H,1H3. The number of rotatable bonds is 2. The predicted molar refractivity (Wildman–Crippen MR) is 65.1 cm³/mol. The fourth-order valence-corrected chi connectivity index (χ4v) is 2.02. The molecule has 1 aliphatic rings. The zero-order valence-electron chi connectivity index (χ0n) is 10.1. The largest absolute Gasteiger partial charge is 0.400 e. The highest BCUT2D eigenvalue weighted by atomic mass is 16.3. The van der Waals surface area contributed by atoms with Crippen LogP contribution in [0.4, 0.5) is 0 Å². The Morgan fingerprint density at radius 2 is 1.88 bits per heavy atom. The first-order valence-corrected chi connectivity index (χ1v) is 5.59. The molecule has 3 heteroatoms. The third-order valence-electron chi connectivity index (χ3n) is 2.78. The molecule has 1 aliphatic heterocycles. The first-order valence-electron chi connectivity index (χ1n) is 5.59. The van der Waals surface area contributed by atoms with Crippen LogP contribution in [0.25, 0.3) is 0 Å². The van der Waals surface area contributed by atoms with Gasteiger partial charge in [0.15, 0.2) is 0 Å². The molecular formula is C13H21NO2. The van der Waals surface area contributed by atoms with E-state index in [2.05, 4.69) is 29.2 Å². The van der Waals surface area contributed by atoms with Gasteiger partial charge in [-0.3, -0.25) is 4.90 Å². The normalized spacial score (nSPS) is 25.0. The first kappa shape index (κ1) is 13.2. The molecule has 1 aromatic rings. The number of benzene rings is 1. The number of likely N-dealkylation sites (tertiary alicyclic amines) is 1. The third-order valence-corrected chi connectivity index (χ3v) is 2.78. The van der Waals surface area contributed by atoms with E-state index in [0.29, 0.717) is 0 Å². The lowest BCUT2D eigenvalue weighted by molar-refractivity contribution is 0.0679. The second kappa shape index (κ2) is 5.99. The van der Waals surface area contributed by atoms with Crippen molar-refractivity contribution in [3.05, 3.63) is 35.9 Å². The average molecular weight is 223 g/mol. The van der Waals surface area contributed by atoms with E-state index in [4.69, 9.17) is 5.11 Å². The Balaban J connectivity index is 0.000000606. The van der Waals surface area contributed by atoms with Crippen molar-refractivity contribution in [3.8, 4) is 0 Å². The zero-order chi connectivity index (χ0) is 12.0. The van der Waals surface area contributed by atoms with E-state index < -0.39 is 5.60 Å². The van der Waals surface area contributed by atoms with Crippen molar-refractivity contribution >= 4 is 0 Å². The van der Waals surface area contributed by atoms with Crippen LogP contribution in [0.3, 0.4) is 0 Å². The number of aliphatic hydroxyl groups excluding tert-OH is 1. The summed E-state index contributed by atoms with van der Waals surface area (Å²) >= 11 is 0. The summed E-state index contributed by atoms with van der Waals surface area (Å²) in [4.78, 5) is 2.30. The molecule has 1 saturated heterocycles. The summed E-state index contributed by atoms with van der Waals surface area (Å²) in [5, 5.41) is 16.8. The fourth-order valence-electron chi connectivity index (χ4n) is 2.02. The van der Waals surface area contributed by atoms with Gasteiger partial charge in [-0.25, -0.2) is 0 Å². The monoisotopic (exact) mass is 223 g/mol. The maximum Gasteiger partial charge on any atom is 0.0758 e. The van der Waals surface area contributed by atoms with Crippen molar-refractivity contribution in [2.24, 2.45) is 0 Å².